The summed E-state index contributed by atoms with van der Waals surface area (Å²) in [7, 11) is 0. The normalized spacial score (nSPS) is 12.0. The summed E-state index contributed by atoms with van der Waals surface area (Å²) in [5.74, 6) is 0.715. The summed E-state index contributed by atoms with van der Waals surface area (Å²) in [4.78, 5) is 20.0. The van der Waals surface area contributed by atoms with E-state index in [0.717, 1.165) is 32.2 Å². The van der Waals surface area contributed by atoms with Crippen LogP contribution in [0, 0.1) is 24.0 Å². The molecule has 0 bridgehead atoms. The van der Waals surface area contributed by atoms with Crippen molar-refractivity contribution in [1.82, 2.24) is 4.98 Å². The number of thiazole rings is 1. The second-order valence-corrected chi connectivity index (χ2v) is 8.39. The molecule has 0 amide bonds. The Morgan fingerprint density at radius 2 is 1.74 bits per heavy atom. The van der Waals surface area contributed by atoms with Crippen molar-refractivity contribution in [3.63, 3.8) is 0 Å². The van der Waals surface area contributed by atoms with Crippen molar-refractivity contribution in [3.05, 3.63) is 93.3 Å². The summed E-state index contributed by atoms with van der Waals surface area (Å²) in [5.41, 5.74) is 4.71. The first-order valence-corrected chi connectivity index (χ1v) is 10.5. The smallest absolute Gasteiger partial charge is 0.270 e. The molecular weight excluding hydrogens is 410 g/mol. The van der Waals surface area contributed by atoms with Gasteiger partial charge in [0.1, 0.15) is 11.3 Å². The average molecular weight is 427 g/mol. The van der Waals surface area contributed by atoms with E-state index < -0.39 is 4.92 Å². The Hall–Kier alpha value is -3.84. The van der Waals surface area contributed by atoms with Gasteiger partial charge in [-0.15, -0.1) is 0 Å². The predicted molar refractivity (Wildman–Crippen MR) is 123 cm³/mol. The molecule has 0 saturated heterocycles. The first kappa shape index (κ1) is 19.1. The number of nitrogens with zero attached hydrogens (tertiary/aromatic N) is 3. The number of rotatable bonds is 3. The summed E-state index contributed by atoms with van der Waals surface area (Å²) in [6, 6.07) is 20.7. The lowest BCUT2D eigenvalue weighted by molar-refractivity contribution is -0.384. The van der Waals surface area contributed by atoms with Gasteiger partial charge < -0.3 is 4.42 Å². The molecule has 31 heavy (non-hydrogen) atoms. The van der Waals surface area contributed by atoms with E-state index in [1.54, 1.807) is 6.07 Å². The zero-order chi connectivity index (χ0) is 21.5. The Balaban J connectivity index is 1.73. The molecule has 6 nitrogen and oxygen atoms in total. The number of aryl methyl sites for hydroxylation is 2. The van der Waals surface area contributed by atoms with E-state index in [1.807, 2.05) is 62.4 Å². The molecule has 0 aliphatic rings. The van der Waals surface area contributed by atoms with Crippen molar-refractivity contribution >= 4 is 43.3 Å². The minimum atomic E-state index is -0.404. The van der Waals surface area contributed by atoms with Gasteiger partial charge in [0.25, 0.3) is 5.69 Å². The Kier molecular flexibility index (Phi) is 4.60. The van der Waals surface area contributed by atoms with Crippen LogP contribution >= 0.6 is 11.3 Å². The van der Waals surface area contributed by atoms with Crippen LogP contribution in [-0.2, 0) is 0 Å². The van der Waals surface area contributed by atoms with Crippen LogP contribution in [0.2, 0.25) is 0 Å². The fourth-order valence-electron chi connectivity index (χ4n) is 3.40. The highest BCUT2D eigenvalue weighted by Crippen LogP contribution is 2.31. The first-order chi connectivity index (χ1) is 15.0. The van der Waals surface area contributed by atoms with Gasteiger partial charge in [-0.25, -0.2) is 9.98 Å². The van der Waals surface area contributed by atoms with E-state index >= 15 is 0 Å². The molecule has 5 rings (SSSR count). The van der Waals surface area contributed by atoms with E-state index in [4.69, 9.17) is 9.41 Å². The summed E-state index contributed by atoms with van der Waals surface area (Å²) in [6.07, 6.45) is 0. The standard InChI is InChI=1S/C24H17N3O3S/c1-14-3-6-16(7-4-14)22-13-20(18-11-15(2)5-10-21(18)30-22)26-24-25-19-9-8-17(27(28)29)12-23(19)31-24/h3-13H,1-2H3. The molecule has 0 saturated carbocycles. The SMILES string of the molecule is Cc1ccc(-c2cc(=Nc3nc4ccc([N+](=O)[O-])cc4s3)c3cc(C)ccc3o2)cc1. The number of non-ortho nitro benzene ring substituents is 1. The molecule has 2 aromatic heterocycles. The van der Waals surface area contributed by atoms with Gasteiger partial charge >= 0.3 is 0 Å². The number of aromatic nitrogens is 1. The van der Waals surface area contributed by atoms with Crippen LogP contribution in [0.15, 0.2) is 76.1 Å². The van der Waals surface area contributed by atoms with Gasteiger partial charge in [0.2, 0.25) is 5.13 Å². The van der Waals surface area contributed by atoms with Crippen LogP contribution in [0.1, 0.15) is 11.1 Å². The summed E-state index contributed by atoms with van der Waals surface area (Å²) in [5, 5.41) is 13.2. The minimum Gasteiger partial charge on any atom is -0.456 e. The molecule has 0 atom stereocenters. The molecule has 5 aromatic rings. The highest BCUT2D eigenvalue weighted by molar-refractivity contribution is 7.21. The van der Waals surface area contributed by atoms with Crippen LogP contribution in [0.5, 0.6) is 0 Å². The first-order valence-electron chi connectivity index (χ1n) is 9.67. The van der Waals surface area contributed by atoms with Gasteiger partial charge in [0.05, 0.1) is 20.5 Å². The van der Waals surface area contributed by atoms with Crippen molar-refractivity contribution in [2.24, 2.45) is 4.99 Å². The minimum absolute atomic E-state index is 0.0453. The Bertz CT molecular complexity index is 1530. The van der Waals surface area contributed by atoms with E-state index in [1.165, 1.54) is 29.0 Å². The quantitative estimate of drug-likeness (QED) is 0.244. The monoisotopic (exact) mass is 427 g/mol. The van der Waals surface area contributed by atoms with Gasteiger partial charge in [-0.2, -0.15) is 0 Å². The number of benzene rings is 3. The number of nitro groups is 1. The zero-order valence-electron chi connectivity index (χ0n) is 16.8. The summed E-state index contributed by atoms with van der Waals surface area (Å²) < 4.78 is 6.90. The zero-order valence-corrected chi connectivity index (χ0v) is 17.6. The molecule has 0 fully saturated rings. The van der Waals surface area contributed by atoms with Gasteiger partial charge in [-0.05, 0) is 32.0 Å². The average Bonchev–Trinajstić information content (AvgIpc) is 3.16. The highest BCUT2D eigenvalue weighted by Gasteiger charge is 2.11. The predicted octanol–water partition coefficient (Wildman–Crippen LogP) is 6.47. The number of fused-ring (bicyclic) bond motifs is 2. The number of hydrogen-bond donors (Lipinski definition) is 0. The van der Waals surface area contributed by atoms with Gasteiger partial charge in [-0.1, -0.05) is 52.8 Å². The third kappa shape index (κ3) is 3.71. The molecule has 0 aliphatic heterocycles. The molecule has 7 heteroatoms. The van der Waals surface area contributed by atoms with E-state index in [2.05, 4.69) is 4.98 Å². The second-order valence-electron chi connectivity index (χ2n) is 7.38. The second kappa shape index (κ2) is 7.45. The van der Waals surface area contributed by atoms with Crippen molar-refractivity contribution < 1.29 is 9.34 Å². The molecule has 3 aromatic carbocycles. The molecule has 152 valence electrons. The molecule has 0 radical (unpaired) electrons. The molecule has 0 unspecified atom stereocenters. The fourth-order valence-corrected chi connectivity index (χ4v) is 4.28. The Morgan fingerprint density at radius 3 is 2.52 bits per heavy atom. The number of nitro benzene ring substituents is 1. The maximum absolute atomic E-state index is 11.1. The van der Waals surface area contributed by atoms with Crippen molar-refractivity contribution in [1.29, 1.82) is 0 Å². The molecular formula is C24H17N3O3S. The van der Waals surface area contributed by atoms with Gasteiger partial charge in [0.15, 0.2) is 0 Å². The lowest BCUT2D eigenvalue weighted by atomic mass is 10.1. The van der Waals surface area contributed by atoms with Crippen molar-refractivity contribution in [2.45, 2.75) is 13.8 Å². The third-order valence-electron chi connectivity index (χ3n) is 5.02. The fraction of sp³-hybridized carbons (Fsp3) is 0.0833. The Labute approximate surface area is 181 Å². The lowest BCUT2D eigenvalue weighted by Crippen LogP contribution is -2.03. The van der Waals surface area contributed by atoms with Crippen LogP contribution in [0.4, 0.5) is 10.8 Å². The highest BCUT2D eigenvalue weighted by atomic mass is 32.1. The van der Waals surface area contributed by atoms with Crippen molar-refractivity contribution in [2.75, 3.05) is 0 Å². The van der Waals surface area contributed by atoms with E-state index in [-0.39, 0.29) is 5.69 Å². The van der Waals surface area contributed by atoms with E-state index in [0.29, 0.717) is 16.4 Å². The third-order valence-corrected chi connectivity index (χ3v) is 5.93. The molecule has 0 aliphatic carbocycles. The summed E-state index contributed by atoms with van der Waals surface area (Å²) in [6.45, 7) is 4.07. The van der Waals surface area contributed by atoms with Gasteiger partial charge in [-0.3, -0.25) is 10.1 Å². The van der Waals surface area contributed by atoms with Crippen LogP contribution in [-0.4, -0.2) is 9.91 Å². The molecule has 0 spiro atoms. The van der Waals surface area contributed by atoms with Gasteiger partial charge in [0, 0.05) is 29.1 Å². The van der Waals surface area contributed by atoms with Crippen molar-refractivity contribution in [3.8, 4) is 11.3 Å². The maximum atomic E-state index is 11.1. The molecule has 0 N–H and O–H groups in total. The molecule has 2 heterocycles. The lowest BCUT2D eigenvalue weighted by Gasteiger charge is -2.06. The largest absolute Gasteiger partial charge is 0.456 e. The Morgan fingerprint density at radius 1 is 0.968 bits per heavy atom. The maximum Gasteiger partial charge on any atom is 0.270 e. The van der Waals surface area contributed by atoms with Crippen LogP contribution in [0.3, 0.4) is 0 Å². The number of hydrogen-bond acceptors (Lipinski definition) is 6. The van der Waals surface area contributed by atoms with E-state index in [9.17, 15) is 10.1 Å². The summed E-state index contributed by atoms with van der Waals surface area (Å²) >= 11 is 1.33. The topological polar surface area (TPSA) is 81.5 Å². The van der Waals surface area contributed by atoms with Crippen LogP contribution < -0.4 is 5.36 Å². The van der Waals surface area contributed by atoms with Crippen LogP contribution in [0.25, 0.3) is 32.5 Å².